The molecule has 2 aliphatic rings. The van der Waals surface area contributed by atoms with Crippen molar-refractivity contribution in [2.45, 2.75) is 24.5 Å². The molecule has 8 heteroatoms. The third-order valence-electron chi connectivity index (χ3n) is 5.80. The van der Waals surface area contributed by atoms with E-state index in [2.05, 4.69) is 10.6 Å². The maximum Gasteiger partial charge on any atom is 0.254 e. The van der Waals surface area contributed by atoms with Crippen LogP contribution >= 0.6 is 0 Å². The zero-order valence-corrected chi connectivity index (χ0v) is 17.3. The molecule has 33 heavy (non-hydrogen) atoms. The fourth-order valence-corrected chi connectivity index (χ4v) is 4.00. The zero-order chi connectivity index (χ0) is 23.1. The first kappa shape index (κ1) is 21.0. The Morgan fingerprint density at radius 1 is 0.909 bits per heavy atom. The number of phenols is 2. The Morgan fingerprint density at radius 2 is 1.61 bits per heavy atom. The number of carbonyl (C=O) groups excluding carboxylic acids is 1. The number of aromatic hydroxyl groups is 2. The summed E-state index contributed by atoms with van der Waals surface area (Å²) in [4.78, 5) is 12.7. The van der Waals surface area contributed by atoms with Crippen LogP contribution in [0.5, 0.6) is 11.5 Å². The van der Waals surface area contributed by atoms with E-state index in [0.717, 1.165) is 16.5 Å². The highest BCUT2D eigenvalue weighted by molar-refractivity contribution is 6.11. The van der Waals surface area contributed by atoms with Gasteiger partial charge in [-0.05, 0) is 18.2 Å². The minimum atomic E-state index is -1.29. The fourth-order valence-electron chi connectivity index (χ4n) is 4.00. The highest BCUT2D eigenvalue weighted by Gasteiger charge is 2.42. The van der Waals surface area contributed by atoms with Gasteiger partial charge in [0.25, 0.3) is 5.91 Å². The maximum atomic E-state index is 12.7. The van der Waals surface area contributed by atoms with Crippen LogP contribution in [0.2, 0.25) is 0 Å². The third kappa shape index (κ3) is 3.91. The van der Waals surface area contributed by atoms with Gasteiger partial charge < -0.3 is 35.8 Å². The lowest BCUT2D eigenvalue weighted by atomic mass is 9.98. The Kier molecular flexibility index (Phi) is 5.26. The number of aliphatic hydroxyl groups is 2. The summed E-state index contributed by atoms with van der Waals surface area (Å²) in [6.07, 6.45) is 1.21. The smallest absolute Gasteiger partial charge is 0.254 e. The molecule has 1 aliphatic heterocycles. The zero-order valence-electron chi connectivity index (χ0n) is 17.3. The van der Waals surface area contributed by atoms with Gasteiger partial charge in [0.2, 0.25) is 0 Å². The second-order valence-electron chi connectivity index (χ2n) is 7.94. The highest BCUT2D eigenvalue weighted by Crippen LogP contribution is 2.46. The summed E-state index contributed by atoms with van der Waals surface area (Å²) in [5.74, 6) is -0.899. The van der Waals surface area contributed by atoms with Crippen molar-refractivity contribution in [1.29, 1.82) is 0 Å². The summed E-state index contributed by atoms with van der Waals surface area (Å²) in [6.45, 7) is 0. The maximum absolute atomic E-state index is 12.7. The molecule has 5 rings (SSSR count). The third-order valence-corrected chi connectivity index (χ3v) is 5.80. The van der Waals surface area contributed by atoms with Gasteiger partial charge in [0, 0.05) is 33.3 Å². The molecule has 0 bridgehead atoms. The van der Waals surface area contributed by atoms with E-state index in [1.807, 2.05) is 24.3 Å². The van der Waals surface area contributed by atoms with Crippen molar-refractivity contribution in [1.82, 2.24) is 0 Å². The van der Waals surface area contributed by atoms with Gasteiger partial charge in [0.1, 0.15) is 18.3 Å². The highest BCUT2D eigenvalue weighted by atomic mass is 16.6. The molecule has 1 aliphatic carbocycles. The molecule has 0 saturated carbocycles. The number of allylic oxidation sites excluding steroid dienone is 2. The first-order valence-corrected chi connectivity index (χ1v) is 10.4. The molecular formula is C25H22N2O6. The number of epoxide rings is 1. The first-order valence-electron chi connectivity index (χ1n) is 10.4. The Hall–Kier alpha value is -3.85. The number of amides is 1. The van der Waals surface area contributed by atoms with E-state index < -0.39 is 30.4 Å². The number of rotatable bonds is 5. The number of ether oxygens (including phenoxy) is 1. The van der Waals surface area contributed by atoms with E-state index in [-0.39, 0.29) is 17.1 Å². The topological polar surface area (TPSA) is 135 Å². The molecule has 1 heterocycles. The molecule has 1 fully saturated rings. The van der Waals surface area contributed by atoms with E-state index in [0.29, 0.717) is 11.3 Å². The molecule has 4 unspecified atom stereocenters. The number of phenolic OH excluding ortho intramolecular Hbond substituents is 2. The van der Waals surface area contributed by atoms with Crippen LogP contribution in [0, 0.1) is 0 Å². The number of hydrogen-bond acceptors (Lipinski definition) is 7. The van der Waals surface area contributed by atoms with Gasteiger partial charge in [0.05, 0.1) is 0 Å². The van der Waals surface area contributed by atoms with Crippen LogP contribution in [0.4, 0.5) is 11.4 Å². The number of aliphatic hydroxyl groups excluding tert-OH is 2. The van der Waals surface area contributed by atoms with Gasteiger partial charge in [-0.25, -0.2) is 0 Å². The van der Waals surface area contributed by atoms with Crippen molar-refractivity contribution in [3.63, 3.8) is 0 Å². The predicted molar refractivity (Wildman–Crippen MR) is 123 cm³/mol. The largest absolute Gasteiger partial charge is 0.504 e. The van der Waals surface area contributed by atoms with Crippen LogP contribution < -0.4 is 10.6 Å². The molecule has 0 radical (unpaired) electrons. The number of nitrogens with one attached hydrogen (secondary N) is 2. The van der Waals surface area contributed by atoms with Gasteiger partial charge in [-0.2, -0.15) is 0 Å². The Labute approximate surface area is 189 Å². The molecule has 168 valence electrons. The predicted octanol–water partition coefficient (Wildman–Crippen LogP) is 2.92. The lowest BCUT2D eigenvalue weighted by Crippen LogP contribution is -2.33. The molecular weight excluding hydrogens is 424 g/mol. The molecule has 1 amide bonds. The van der Waals surface area contributed by atoms with Crippen molar-refractivity contribution < 1.29 is 30.0 Å². The number of carbonyl (C=O) groups is 1. The monoisotopic (exact) mass is 446 g/mol. The fraction of sp³-hybridized carbons (Fsp3) is 0.160. The van der Waals surface area contributed by atoms with Crippen LogP contribution in [-0.2, 0) is 9.53 Å². The van der Waals surface area contributed by atoms with E-state index in [1.54, 1.807) is 24.3 Å². The summed E-state index contributed by atoms with van der Waals surface area (Å²) in [5.41, 5.74) is 1.90. The molecule has 3 aromatic carbocycles. The lowest BCUT2D eigenvalue weighted by Gasteiger charge is -2.21. The Morgan fingerprint density at radius 3 is 2.39 bits per heavy atom. The second kappa shape index (κ2) is 8.25. The van der Waals surface area contributed by atoms with Gasteiger partial charge in [-0.15, -0.1) is 0 Å². The Balaban J connectivity index is 1.38. The summed E-state index contributed by atoms with van der Waals surface area (Å²) >= 11 is 0. The van der Waals surface area contributed by atoms with Crippen LogP contribution in [0.25, 0.3) is 10.8 Å². The minimum absolute atomic E-state index is 0.0800. The van der Waals surface area contributed by atoms with Crippen molar-refractivity contribution in [3.8, 4) is 11.5 Å². The average molecular weight is 446 g/mol. The van der Waals surface area contributed by atoms with E-state index in [9.17, 15) is 25.2 Å². The number of benzene rings is 3. The minimum Gasteiger partial charge on any atom is -0.504 e. The molecule has 1 saturated heterocycles. The first-order chi connectivity index (χ1) is 15.9. The molecule has 0 aromatic heterocycles. The van der Waals surface area contributed by atoms with Gasteiger partial charge >= 0.3 is 0 Å². The van der Waals surface area contributed by atoms with Gasteiger partial charge in [-0.1, -0.05) is 54.6 Å². The SMILES string of the molecule is O=C(Nc1cccc2c(NC3OC3c3cccc(O)c3O)cccc12)C1=CC=CC(O)C1O. The van der Waals surface area contributed by atoms with Crippen molar-refractivity contribution in [3.05, 3.63) is 84.0 Å². The quantitative estimate of drug-likeness (QED) is 0.262. The summed E-state index contributed by atoms with van der Waals surface area (Å²) < 4.78 is 5.67. The van der Waals surface area contributed by atoms with Gasteiger partial charge in [0.15, 0.2) is 17.7 Å². The number of para-hydroxylation sites is 1. The number of fused-ring (bicyclic) bond motifs is 1. The summed E-state index contributed by atoms with van der Waals surface area (Å²) in [5, 5.41) is 47.4. The normalized spacial score (nSPS) is 23.8. The molecule has 0 spiro atoms. The van der Waals surface area contributed by atoms with Crippen molar-refractivity contribution >= 4 is 28.1 Å². The Bertz CT molecular complexity index is 1300. The number of hydrogen-bond donors (Lipinski definition) is 6. The molecule has 6 N–H and O–H groups in total. The van der Waals surface area contributed by atoms with Crippen molar-refractivity contribution in [2.24, 2.45) is 0 Å². The standard InChI is InChI=1S/C25H22N2O6/c28-19-11-3-7-15(21(19)30)23-25(33-23)27-18-10-2-5-13-14(18)6-1-9-17(13)26-24(32)16-8-4-12-20(29)22(16)31/h1-12,20,22-23,25,27-31H,(H,26,32). The van der Waals surface area contributed by atoms with Crippen LogP contribution in [-0.4, -0.2) is 44.8 Å². The van der Waals surface area contributed by atoms with Crippen molar-refractivity contribution in [2.75, 3.05) is 10.6 Å². The number of anilines is 2. The molecule has 3 aromatic rings. The summed E-state index contributed by atoms with van der Waals surface area (Å²) in [6, 6.07) is 15.8. The van der Waals surface area contributed by atoms with E-state index in [4.69, 9.17) is 4.74 Å². The molecule has 4 atom stereocenters. The van der Waals surface area contributed by atoms with Crippen LogP contribution in [0.3, 0.4) is 0 Å². The van der Waals surface area contributed by atoms with Crippen LogP contribution in [0.15, 0.2) is 78.4 Å². The molecule has 8 nitrogen and oxygen atoms in total. The summed E-state index contributed by atoms with van der Waals surface area (Å²) in [7, 11) is 0. The van der Waals surface area contributed by atoms with E-state index in [1.165, 1.54) is 24.3 Å². The van der Waals surface area contributed by atoms with Gasteiger partial charge in [-0.3, -0.25) is 4.79 Å². The van der Waals surface area contributed by atoms with E-state index >= 15 is 0 Å². The lowest BCUT2D eigenvalue weighted by molar-refractivity contribution is -0.114. The van der Waals surface area contributed by atoms with Crippen LogP contribution in [0.1, 0.15) is 11.7 Å². The average Bonchev–Trinajstić information content (AvgIpc) is 3.57. The second-order valence-corrected chi connectivity index (χ2v) is 7.94.